The monoisotopic (exact) mass is 324 g/mol. The first-order valence-electron chi connectivity index (χ1n) is 8.12. The number of anilines is 1. The Kier molecular flexibility index (Phi) is 3.38. The van der Waals surface area contributed by atoms with Gasteiger partial charge in [0.25, 0.3) is 0 Å². The van der Waals surface area contributed by atoms with Crippen LogP contribution in [0.4, 0.5) is 5.82 Å². The molecule has 4 bridgehead atoms. The molecule has 1 aromatic rings. The van der Waals surface area contributed by atoms with Gasteiger partial charge in [0.05, 0.1) is 10.0 Å². The number of hydrogen-bond donors (Lipinski definition) is 1. The summed E-state index contributed by atoms with van der Waals surface area (Å²) in [5, 5.41) is 4.81. The highest BCUT2D eigenvalue weighted by atomic mass is 35.5. The Hall–Kier alpha value is -0.470. The molecule has 1 atom stereocenters. The molecule has 4 aliphatic carbocycles. The van der Waals surface area contributed by atoms with Crippen molar-refractivity contribution in [3.63, 3.8) is 0 Å². The molecule has 4 saturated carbocycles. The number of nitrogens with one attached hydrogen (secondary N) is 1. The fraction of sp³-hybridized carbons (Fsp3) is 0.706. The van der Waals surface area contributed by atoms with Gasteiger partial charge in [-0.25, -0.2) is 4.98 Å². The van der Waals surface area contributed by atoms with E-state index in [0.717, 1.165) is 23.6 Å². The SMILES string of the molecule is CC(Nc1ncc(Cl)cc1Cl)C12CC3CC(CC(C3)C1)C2. The van der Waals surface area contributed by atoms with Gasteiger partial charge in [-0.05, 0) is 74.7 Å². The minimum Gasteiger partial charge on any atom is -0.366 e. The molecule has 21 heavy (non-hydrogen) atoms. The zero-order valence-corrected chi connectivity index (χ0v) is 13.9. The lowest BCUT2D eigenvalue weighted by molar-refractivity contribution is -0.0603. The highest BCUT2D eigenvalue weighted by molar-refractivity contribution is 6.35. The van der Waals surface area contributed by atoms with E-state index in [0.29, 0.717) is 21.5 Å². The van der Waals surface area contributed by atoms with E-state index in [4.69, 9.17) is 23.2 Å². The van der Waals surface area contributed by atoms with Crippen molar-refractivity contribution < 1.29 is 0 Å². The van der Waals surface area contributed by atoms with E-state index in [-0.39, 0.29) is 0 Å². The molecular weight excluding hydrogens is 303 g/mol. The van der Waals surface area contributed by atoms with E-state index in [1.165, 1.54) is 38.5 Å². The Morgan fingerprint density at radius 2 is 1.71 bits per heavy atom. The van der Waals surface area contributed by atoms with Gasteiger partial charge in [-0.3, -0.25) is 0 Å². The van der Waals surface area contributed by atoms with Crippen LogP contribution in [0.2, 0.25) is 10.0 Å². The molecule has 0 radical (unpaired) electrons. The van der Waals surface area contributed by atoms with Crippen molar-refractivity contribution in [2.24, 2.45) is 23.2 Å². The maximum absolute atomic E-state index is 6.27. The second-order valence-corrected chi connectivity index (χ2v) is 8.47. The quantitative estimate of drug-likeness (QED) is 0.804. The Balaban J connectivity index is 1.56. The Bertz CT molecular complexity index is 522. The summed E-state index contributed by atoms with van der Waals surface area (Å²) in [6, 6.07) is 2.20. The summed E-state index contributed by atoms with van der Waals surface area (Å²) >= 11 is 12.2. The average molecular weight is 325 g/mol. The third-order valence-electron chi connectivity index (χ3n) is 6.17. The topological polar surface area (TPSA) is 24.9 Å². The van der Waals surface area contributed by atoms with Crippen LogP contribution in [0, 0.1) is 23.2 Å². The van der Waals surface area contributed by atoms with Crippen molar-refractivity contribution in [1.29, 1.82) is 0 Å². The van der Waals surface area contributed by atoms with Crippen molar-refractivity contribution in [3.8, 4) is 0 Å². The third-order valence-corrected chi connectivity index (χ3v) is 6.66. The smallest absolute Gasteiger partial charge is 0.145 e. The first-order chi connectivity index (χ1) is 10.0. The average Bonchev–Trinajstić information content (AvgIpc) is 2.40. The highest BCUT2D eigenvalue weighted by Gasteiger charge is 2.53. The van der Waals surface area contributed by atoms with Gasteiger partial charge in [0.1, 0.15) is 5.82 Å². The molecule has 0 amide bonds. The maximum Gasteiger partial charge on any atom is 0.145 e. The summed E-state index contributed by atoms with van der Waals surface area (Å²) in [4.78, 5) is 4.37. The molecule has 1 unspecified atom stereocenters. The van der Waals surface area contributed by atoms with Crippen LogP contribution in [0.15, 0.2) is 12.3 Å². The molecule has 2 nitrogen and oxygen atoms in total. The molecule has 0 aromatic carbocycles. The number of pyridine rings is 1. The predicted octanol–water partition coefficient (Wildman–Crippen LogP) is 5.41. The molecule has 5 rings (SSSR count). The van der Waals surface area contributed by atoms with Gasteiger partial charge in [0, 0.05) is 12.2 Å². The van der Waals surface area contributed by atoms with Crippen molar-refractivity contribution in [2.75, 3.05) is 5.32 Å². The molecule has 4 fully saturated rings. The fourth-order valence-corrected chi connectivity index (χ4v) is 6.02. The van der Waals surface area contributed by atoms with E-state index < -0.39 is 0 Å². The minimum absolute atomic E-state index is 0.428. The van der Waals surface area contributed by atoms with Gasteiger partial charge < -0.3 is 5.32 Å². The van der Waals surface area contributed by atoms with Crippen LogP contribution in [0.5, 0.6) is 0 Å². The van der Waals surface area contributed by atoms with Crippen LogP contribution < -0.4 is 5.32 Å². The summed E-state index contributed by atoms with van der Waals surface area (Å²) in [7, 11) is 0. The van der Waals surface area contributed by atoms with Gasteiger partial charge in [-0.1, -0.05) is 23.2 Å². The van der Waals surface area contributed by atoms with Crippen LogP contribution in [0.25, 0.3) is 0 Å². The second kappa shape index (κ2) is 5.03. The van der Waals surface area contributed by atoms with E-state index in [9.17, 15) is 0 Å². The first kappa shape index (κ1) is 14.1. The van der Waals surface area contributed by atoms with Crippen LogP contribution >= 0.6 is 23.2 Å². The summed E-state index contributed by atoms with van der Waals surface area (Å²) in [6.45, 7) is 2.32. The molecular formula is C17H22Cl2N2. The molecule has 0 aliphatic heterocycles. The Labute approximate surface area is 136 Å². The van der Waals surface area contributed by atoms with E-state index in [2.05, 4.69) is 17.2 Å². The van der Waals surface area contributed by atoms with Crippen LogP contribution in [0.1, 0.15) is 45.4 Å². The zero-order chi connectivity index (χ0) is 14.6. The molecule has 1 heterocycles. The van der Waals surface area contributed by atoms with Crippen molar-refractivity contribution in [1.82, 2.24) is 4.98 Å². The van der Waals surface area contributed by atoms with E-state index in [1.807, 2.05) is 0 Å². The van der Waals surface area contributed by atoms with Crippen molar-refractivity contribution in [2.45, 2.75) is 51.5 Å². The largest absolute Gasteiger partial charge is 0.366 e. The molecule has 4 aliphatic rings. The van der Waals surface area contributed by atoms with Gasteiger partial charge in [0.2, 0.25) is 0 Å². The highest BCUT2D eigenvalue weighted by Crippen LogP contribution is 2.61. The number of hydrogen-bond acceptors (Lipinski definition) is 2. The molecule has 1 N–H and O–H groups in total. The van der Waals surface area contributed by atoms with Gasteiger partial charge in [-0.15, -0.1) is 0 Å². The fourth-order valence-electron chi connectivity index (χ4n) is 5.59. The number of nitrogens with zero attached hydrogens (tertiary/aromatic N) is 1. The molecule has 0 spiro atoms. The number of rotatable bonds is 3. The van der Waals surface area contributed by atoms with Gasteiger partial charge in [0.15, 0.2) is 0 Å². The van der Waals surface area contributed by atoms with Crippen molar-refractivity contribution in [3.05, 3.63) is 22.3 Å². The number of aromatic nitrogens is 1. The lowest BCUT2D eigenvalue weighted by atomic mass is 9.48. The second-order valence-electron chi connectivity index (χ2n) is 7.63. The standard InChI is InChI=1S/C17H22Cl2N2/c1-10(21-16-15(19)5-14(18)9-20-16)17-6-11-2-12(7-17)4-13(3-11)8-17/h5,9-13H,2-4,6-8H2,1H3,(H,20,21). The minimum atomic E-state index is 0.428. The lowest BCUT2D eigenvalue weighted by Gasteiger charge is -2.59. The predicted molar refractivity (Wildman–Crippen MR) is 87.9 cm³/mol. The summed E-state index contributed by atoms with van der Waals surface area (Å²) < 4.78 is 0. The molecule has 4 heteroatoms. The number of halogens is 2. The first-order valence-corrected chi connectivity index (χ1v) is 8.87. The summed E-state index contributed by atoms with van der Waals surface area (Å²) in [5.74, 6) is 3.68. The van der Waals surface area contributed by atoms with E-state index in [1.54, 1.807) is 12.3 Å². The lowest BCUT2D eigenvalue weighted by Crippen LogP contribution is -2.53. The molecule has 1 aromatic heterocycles. The maximum atomic E-state index is 6.27. The Morgan fingerprint density at radius 3 is 2.24 bits per heavy atom. The summed E-state index contributed by atoms with van der Waals surface area (Å²) in [6.07, 6.45) is 10.3. The van der Waals surface area contributed by atoms with E-state index >= 15 is 0 Å². The van der Waals surface area contributed by atoms with Crippen LogP contribution in [-0.4, -0.2) is 11.0 Å². The molecule has 0 saturated heterocycles. The third kappa shape index (κ3) is 2.45. The normalized spacial score (nSPS) is 38.5. The zero-order valence-electron chi connectivity index (χ0n) is 12.4. The van der Waals surface area contributed by atoms with Gasteiger partial charge in [-0.2, -0.15) is 0 Å². The van der Waals surface area contributed by atoms with Crippen molar-refractivity contribution >= 4 is 29.0 Å². The van der Waals surface area contributed by atoms with Crippen LogP contribution in [0.3, 0.4) is 0 Å². The summed E-state index contributed by atoms with van der Waals surface area (Å²) in [5.41, 5.74) is 0.458. The Morgan fingerprint density at radius 1 is 1.14 bits per heavy atom. The van der Waals surface area contributed by atoms with Gasteiger partial charge >= 0.3 is 0 Å². The van der Waals surface area contributed by atoms with Crippen LogP contribution in [-0.2, 0) is 0 Å². The molecule has 114 valence electrons.